The average molecular weight is 396 g/mol. The number of nitrogens with zero attached hydrogens (tertiary/aromatic N) is 4. The molecule has 0 saturated carbocycles. The van der Waals surface area contributed by atoms with Gasteiger partial charge in [0.05, 0.1) is 36.3 Å². The molecule has 1 saturated heterocycles. The molecule has 1 aliphatic heterocycles. The summed E-state index contributed by atoms with van der Waals surface area (Å²) < 4.78 is 59.4. The Labute approximate surface area is 156 Å². The van der Waals surface area contributed by atoms with Gasteiger partial charge < -0.3 is 9.84 Å². The highest BCUT2D eigenvalue weighted by Crippen LogP contribution is 2.38. The van der Waals surface area contributed by atoms with Crippen LogP contribution >= 0.6 is 0 Å². The summed E-state index contributed by atoms with van der Waals surface area (Å²) in [6.45, 7) is 1.86. The quantitative estimate of drug-likeness (QED) is 0.667. The van der Waals surface area contributed by atoms with Gasteiger partial charge in [-0.1, -0.05) is 0 Å². The van der Waals surface area contributed by atoms with Crippen molar-refractivity contribution >= 4 is 11.2 Å². The third-order valence-electron chi connectivity index (χ3n) is 4.74. The molecule has 2 aromatic heterocycles. The number of aryl methyl sites for hydroxylation is 1. The number of halogens is 4. The predicted octanol–water partition coefficient (Wildman–Crippen LogP) is 3.83. The molecule has 0 unspecified atom stereocenters. The Bertz CT molecular complexity index is 1010. The fraction of sp³-hybridized carbons (Fsp3) is 0.389. The van der Waals surface area contributed by atoms with Gasteiger partial charge >= 0.3 is 6.18 Å². The van der Waals surface area contributed by atoms with Gasteiger partial charge in [0.15, 0.2) is 5.65 Å². The van der Waals surface area contributed by atoms with E-state index in [-0.39, 0.29) is 29.1 Å². The molecule has 1 aromatic carbocycles. The molecule has 1 fully saturated rings. The molecule has 0 amide bonds. The van der Waals surface area contributed by atoms with Crippen LogP contribution in [0, 0.1) is 6.92 Å². The molecule has 28 heavy (non-hydrogen) atoms. The van der Waals surface area contributed by atoms with Gasteiger partial charge in [-0.05, 0) is 31.0 Å². The number of phenols is 1. The van der Waals surface area contributed by atoms with Gasteiger partial charge in [0.1, 0.15) is 17.4 Å². The number of alkyl halides is 4. The lowest BCUT2D eigenvalue weighted by Crippen LogP contribution is -2.31. The van der Waals surface area contributed by atoms with Crippen LogP contribution in [0.4, 0.5) is 17.6 Å². The summed E-state index contributed by atoms with van der Waals surface area (Å²) >= 11 is 0. The first-order valence-electron chi connectivity index (χ1n) is 8.59. The highest BCUT2D eigenvalue weighted by atomic mass is 19.4. The van der Waals surface area contributed by atoms with Gasteiger partial charge in [-0.3, -0.25) is 4.68 Å². The zero-order valence-electron chi connectivity index (χ0n) is 14.7. The molecule has 0 spiro atoms. The van der Waals surface area contributed by atoms with Crippen LogP contribution < -0.4 is 0 Å². The van der Waals surface area contributed by atoms with Crippen molar-refractivity contribution in [2.45, 2.75) is 31.7 Å². The Morgan fingerprint density at radius 2 is 2.07 bits per heavy atom. The first-order chi connectivity index (χ1) is 13.2. The fourth-order valence-electron chi connectivity index (χ4n) is 3.36. The number of aromatic hydroxyl groups is 1. The van der Waals surface area contributed by atoms with Crippen molar-refractivity contribution in [3.63, 3.8) is 0 Å². The van der Waals surface area contributed by atoms with Crippen molar-refractivity contribution in [3.05, 3.63) is 35.7 Å². The van der Waals surface area contributed by atoms with E-state index in [0.29, 0.717) is 24.6 Å². The summed E-state index contributed by atoms with van der Waals surface area (Å²) in [5, 5.41) is 14.4. The lowest BCUT2D eigenvalue weighted by atomic mass is 10.0. The summed E-state index contributed by atoms with van der Waals surface area (Å²) in [7, 11) is 0. The normalized spacial score (nSPS) is 20.6. The first-order valence-corrected chi connectivity index (χ1v) is 8.59. The second kappa shape index (κ2) is 6.69. The molecule has 0 radical (unpaired) electrons. The highest BCUT2D eigenvalue weighted by Gasteiger charge is 2.32. The molecule has 4 rings (SSSR count). The SMILES string of the molecule is Cc1cc(C(F)(F)F)cc(O)c1-c1cnc2cn([C@@H]3CCOC[C@H]3F)nc2n1. The van der Waals surface area contributed by atoms with Gasteiger partial charge in [-0.25, -0.2) is 14.4 Å². The maximum absolute atomic E-state index is 14.1. The van der Waals surface area contributed by atoms with E-state index in [1.807, 2.05) is 0 Å². The maximum atomic E-state index is 14.1. The van der Waals surface area contributed by atoms with Crippen molar-refractivity contribution in [3.8, 4) is 17.0 Å². The van der Waals surface area contributed by atoms with Crippen LogP contribution in [0.15, 0.2) is 24.5 Å². The van der Waals surface area contributed by atoms with Crippen LogP contribution in [0.5, 0.6) is 5.75 Å². The van der Waals surface area contributed by atoms with Crippen LogP contribution in [0.1, 0.15) is 23.6 Å². The minimum Gasteiger partial charge on any atom is -0.507 e. The Morgan fingerprint density at radius 1 is 1.29 bits per heavy atom. The van der Waals surface area contributed by atoms with E-state index in [2.05, 4.69) is 15.1 Å². The van der Waals surface area contributed by atoms with Gasteiger partial charge in [-0.15, -0.1) is 0 Å². The molecule has 148 valence electrons. The van der Waals surface area contributed by atoms with Crippen LogP contribution in [-0.2, 0) is 10.9 Å². The Kier molecular flexibility index (Phi) is 4.45. The zero-order valence-corrected chi connectivity index (χ0v) is 14.7. The lowest BCUT2D eigenvalue weighted by Gasteiger charge is -2.25. The van der Waals surface area contributed by atoms with E-state index in [1.165, 1.54) is 17.8 Å². The molecule has 1 aliphatic rings. The minimum atomic E-state index is -4.57. The monoisotopic (exact) mass is 396 g/mol. The Morgan fingerprint density at radius 3 is 2.75 bits per heavy atom. The maximum Gasteiger partial charge on any atom is 0.416 e. The summed E-state index contributed by atoms with van der Waals surface area (Å²) in [5.41, 5.74) is 0.227. The fourth-order valence-corrected chi connectivity index (χ4v) is 3.36. The predicted molar refractivity (Wildman–Crippen MR) is 91.5 cm³/mol. The molecule has 3 heterocycles. The van der Waals surface area contributed by atoms with Gasteiger partial charge in [0, 0.05) is 12.2 Å². The number of hydrogen-bond donors (Lipinski definition) is 1. The summed E-state index contributed by atoms with van der Waals surface area (Å²) in [5.74, 6) is -0.548. The highest BCUT2D eigenvalue weighted by molar-refractivity contribution is 5.77. The molecule has 2 atom stereocenters. The number of hydrogen-bond acceptors (Lipinski definition) is 5. The molecule has 1 N–H and O–H groups in total. The summed E-state index contributed by atoms with van der Waals surface area (Å²) in [4.78, 5) is 8.53. The smallest absolute Gasteiger partial charge is 0.416 e. The molecule has 6 nitrogen and oxygen atoms in total. The summed E-state index contributed by atoms with van der Waals surface area (Å²) in [6.07, 6.45) is -2.39. The van der Waals surface area contributed by atoms with E-state index in [0.717, 1.165) is 6.07 Å². The Balaban J connectivity index is 1.74. The number of benzene rings is 1. The topological polar surface area (TPSA) is 73.1 Å². The van der Waals surface area contributed by atoms with E-state index in [9.17, 15) is 22.7 Å². The van der Waals surface area contributed by atoms with Crippen molar-refractivity contribution in [1.29, 1.82) is 0 Å². The van der Waals surface area contributed by atoms with Crippen molar-refractivity contribution < 1.29 is 27.4 Å². The zero-order chi connectivity index (χ0) is 20.1. The average Bonchev–Trinajstić information content (AvgIpc) is 3.04. The molecule has 10 heteroatoms. The van der Waals surface area contributed by atoms with E-state index < -0.39 is 29.7 Å². The molecular formula is C18H16F4N4O2. The molecular weight excluding hydrogens is 380 g/mol. The van der Waals surface area contributed by atoms with Crippen LogP contribution in [0.3, 0.4) is 0 Å². The second-order valence-electron chi connectivity index (χ2n) is 6.71. The first kappa shape index (κ1) is 18.6. The van der Waals surface area contributed by atoms with Crippen LogP contribution in [-0.4, -0.2) is 44.2 Å². The summed E-state index contributed by atoms with van der Waals surface area (Å²) in [6, 6.07) is 1.10. The lowest BCUT2D eigenvalue weighted by molar-refractivity contribution is -0.137. The third kappa shape index (κ3) is 3.28. The molecule has 3 aromatic rings. The number of phenolic OH excluding ortho intramolecular Hbond substituents is 1. The Hall–Kier alpha value is -2.75. The number of rotatable bonds is 2. The van der Waals surface area contributed by atoms with Crippen LogP contribution in [0.25, 0.3) is 22.4 Å². The number of ether oxygens (including phenoxy) is 1. The molecule has 0 bridgehead atoms. The van der Waals surface area contributed by atoms with Crippen LogP contribution in [0.2, 0.25) is 0 Å². The minimum absolute atomic E-state index is 0.00833. The van der Waals surface area contributed by atoms with Gasteiger partial charge in [0.25, 0.3) is 0 Å². The third-order valence-corrected chi connectivity index (χ3v) is 4.74. The van der Waals surface area contributed by atoms with Gasteiger partial charge in [0.2, 0.25) is 0 Å². The number of aromatic nitrogens is 4. The van der Waals surface area contributed by atoms with Crippen molar-refractivity contribution in [1.82, 2.24) is 19.7 Å². The standard InChI is InChI=1S/C18H16F4N4O2/c1-9-4-10(18(20,21)22)5-15(27)16(9)12-6-23-13-7-26(25-17(13)24-12)14-2-3-28-8-11(14)19/h4-7,11,14,27H,2-3,8H2,1H3/t11-,14-/m1/s1. The molecule has 0 aliphatic carbocycles. The van der Waals surface area contributed by atoms with E-state index in [4.69, 9.17) is 4.74 Å². The second-order valence-corrected chi connectivity index (χ2v) is 6.71. The van der Waals surface area contributed by atoms with Crippen molar-refractivity contribution in [2.75, 3.05) is 13.2 Å². The largest absolute Gasteiger partial charge is 0.507 e. The van der Waals surface area contributed by atoms with Crippen molar-refractivity contribution in [2.24, 2.45) is 0 Å². The van der Waals surface area contributed by atoms with E-state index in [1.54, 1.807) is 6.20 Å². The number of fused-ring (bicyclic) bond motifs is 1. The van der Waals surface area contributed by atoms with E-state index >= 15 is 0 Å². The van der Waals surface area contributed by atoms with Gasteiger partial charge in [-0.2, -0.15) is 18.3 Å².